The van der Waals surface area contributed by atoms with E-state index in [2.05, 4.69) is 15.6 Å². The molecule has 1 aliphatic rings. The predicted molar refractivity (Wildman–Crippen MR) is 111 cm³/mol. The number of benzene rings is 1. The molecule has 9 heteroatoms. The first-order chi connectivity index (χ1) is 14.4. The summed E-state index contributed by atoms with van der Waals surface area (Å²) >= 11 is 0. The molecule has 0 radical (unpaired) electrons. The number of piperidine rings is 1. The van der Waals surface area contributed by atoms with E-state index < -0.39 is 0 Å². The molecule has 1 atom stereocenters. The Morgan fingerprint density at radius 3 is 2.77 bits per heavy atom. The van der Waals surface area contributed by atoms with Crippen LogP contribution in [0.2, 0.25) is 0 Å². The van der Waals surface area contributed by atoms with E-state index in [1.54, 1.807) is 41.1 Å². The fraction of sp³-hybridized carbons (Fsp3) is 0.524. The maximum Gasteiger partial charge on any atom is 0.273 e. The van der Waals surface area contributed by atoms with Gasteiger partial charge in [-0.2, -0.15) is 0 Å². The van der Waals surface area contributed by atoms with Crippen molar-refractivity contribution >= 4 is 11.8 Å². The number of carbonyl (C=O) groups is 2. The summed E-state index contributed by atoms with van der Waals surface area (Å²) in [6.45, 7) is 5.77. The van der Waals surface area contributed by atoms with Crippen LogP contribution in [-0.4, -0.2) is 65.6 Å². The third kappa shape index (κ3) is 4.72. The minimum absolute atomic E-state index is 0.0431. The molecule has 2 aromatic rings. The molecule has 162 valence electrons. The number of carbonyl (C=O) groups excluding carboxylic acids is 2. The number of rotatable bonds is 7. The highest BCUT2D eigenvalue weighted by Crippen LogP contribution is 2.32. The van der Waals surface area contributed by atoms with Gasteiger partial charge in [0.2, 0.25) is 0 Å². The number of nitrogens with zero attached hydrogens (tertiary/aromatic N) is 4. The van der Waals surface area contributed by atoms with Crippen LogP contribution in [0.1, 0.15) is 53.6 Å². The van der Waals surface area contributed by atoms with E-state index >= 15 is 0 Å². The van der Waals surface area contributed by atoms with Crippen LogP contribution in [-0.2, 0) is 0 Å². The van der Waals surface area contributed by atoms with Gasteiger partial charge in [0.25, 0.3) is 11.8 Å². The highest BCUT2D eigenvalue weighted by atomic mass is 16.5. The molecule has 0 bridgehead atoms. The van der Waals surface area contributed by atoms with Gasteiger partial charge in [-0.25, -0.2) is 4.68 Å². The van der Waals surface area contributed by atoms with E-state index in [1.807, 2.05) is 13.8 Å². The number of ether oxygens (including phenoxy) is 2. The Morgan fingerprint density at radius 1 is 1.27 bits per heavy atom. The van der Waals surface area contributed by atoms with Gasteiger partial charge in [-0.05, 0) is 30.9 Å². The number of nitrogens with one attached hydrogen (secondary N) is 1. The minimum atomic E-state index is -0.236. The molecule has 0 aliphatic carbocycles. The van der Waals surface area contributed by atoms with E-state index in [0.717, 1.165) is 12.8 Å². The summed E-state index contributed by atoms with van der Waals surface area (Å²) in [6.07, 6.45) is 3.34. The smallest absolute Gasteiger partial charge is 0.273 e. The molecular weight excluding hydrogens is 386 g/mol. The molecule has 30 heavy (non-hydrogen) atoms. The van der Waals surface area contributed by atoms with Gasteiger partial charge >= 0.3 is 0 Å². The van der Waals surface area contributed by atoms with Crippen molar-refractivity contribution in [1.29, 1.82) is 0 Å². The average molecular weight is 415 g/mol. The Labute approximate surface area is 176 Å². The van der Waals surface area contributed by atoms with Crippen molar-refractivity contribution in [3.63, 3.8) is 0 Å². The third-order valence-electron chi connectivity index (χ3n) is 5.10. The molecule has 3 rings (SSSR count). The van der Waals surface area contributed by atoms with E-state index in [-0.39, 0.29) is 23.6 Å². The molecule has 1 N–H and O–H groups in total. The first-order valence-corrected chi connectivity index (χ1v) is 10.1. The van der Waals surface area contributed by atoms with Crippen LogP contribution in [0.3, 0.4) is 0 Å². The van der Waals surface area contributed by atoms with Crippen molar-refractivity contribution in [2.24, 2.45) is 5.92 Å². The fourth-order valence-corrected chi connectivity index (χ4v) is 3.53. The molecule has 1 fully saturated rings. The Kier molecular flexibility index (Phi) is 6.91. The van der Waals surface area contributed by atoms with E-state index in [1.165, 1.54) is 7.11 Å². The molecule has 1 aromatic heterocycles. The molecule has 1 saturated heterocycles. The van der Waals surface area contributed by atoms with E-state index in [4.69, 9.17) is 9.47 Å². The molecule has 1 unspecified atom stereocenters. The summed E-state index contributed by atoms with van der Waals surface area (Å²) in [6, 6.07) is 5.23. The summed E-state index contributed by atoms with van der Waals surface area (Å²) in [5.41, 5.74) is 0.749. The van der Waals surface area contributed by atoms with Gasteiger partial charge in [0.15, 0.2) is 17.2 Å². The van der Waals surface area contributed by atoms with Crippen molar-refractivity contribution in [3.8, 4) is 11.5 Å². The lowest BCUT2D eigenvalue weighted by atomic mass is 10.0. The van der Waals surface area contributed by atoms with Crippen LogP contribution in [0.25, 0.3) is 0 Å². The number of para-hydroxylation sites is 1. The maximum absolute atomic E-state index is 13.2. The van der Waals surface area contributed by atoms with Crippen LogP contribution in [0.5, 0.6) is 11.5 Å². The zero-order valence-electron chi connectivity index (χ0n) is 17.9. The summed E-state index contributed by atoms with van der Waals surface area (Å²) in [4.78, 5) is 27.2. The number of hydrogen-bond acceptors (Lipinski definition) is 6. The molecule has 2 heterocycles. The highest BCUT2D eigenvalue weighted by Gasteiger charge is 2.29. The minimum Gasteiger partial charge on any atom is -0.493 e. The number of amides is 2. The quantitative estimate of drug-likeness (QED) is 0.744. The maximum atomic E-state index is 13.2. The summed E-state index contributed by atoms with van der Waals surface area (Å²) in [5, 5.41) is 11.0. The van der Waals surface area contributed by atoms with Crippen LogP contribution in [0.15, 0.2) is 24.4 Å². The second-order valence-electron chi connectivity index (χ2n) is 7.78. The normalized spacial score (nSPS) is 16.4. The monoisotopic (exact) mass is 415 g/mol. The predicted octanol–water partition coefficient (Wildman–Crippen LogP) is 2.16. The lowest BCUT2D eigenvalue weighted by Gasteiger charge is -2.33. The molecule has 1 aliphatic heterocycles. The van der Waals surface area contributed by atoms with Gasteiger partial charge in [0.1, 0.15) is 0 Å². The van der Waals surface area contributed by atoms with Crippen LogP contribution >= 0.6 is 0 Å². The molecule has 9 nitrogen and oxygen atoms in total. The van der Waals surface area contributed by atoms with Gasteiger partial charge in [-0.15, -0.1) is 5.10 Å². The van der Waals surface area contributed by atoms with Gasteiger partial charge in [-0.1, -0.05) is 25.1 Å². The summed E-state index contributed by atoms with van der Waals surface area (Å²) < 4.78 is 12.4. The standard InChI is InChI=1S/C21H29N5O4/c1-14(2)11-22-20(27)17-13-26(24-23-17)15-7-6-10-25(12-15)21(28)16-8-5-9-18(29-3)19(16)30-4/h5,8-9,13-15H,6-7,10-12H2,1-4H3,(H,22,27). The zero-order chi connectivity index (χ0) is 21.7. The van der Waals surface area contributed by atoms with E-state index in [9.17, 15) is 9.59 Å². The first kappa shape index (κ1) is 21.6. The topological polar surface area (TPSA) is 98.6 Å². The molecule has 1 aromatic carbocycles. The lowest BCUT2D eigenvalue weighted by Crippen LogP contribution is -2.41. The van der Waals surface area contributed by atoms with Crippen LogP contribution < -0.4 is 14.8 Å². The first-order valence-electron chi connectivity index (χ1n) is 10.1. The SMILES string of the molecule is COc1cccc(C(=O)N2CCCC(n3cc(C(=O)NCC(C)C)nn3)C2)c1OC. The van der Waals surface area contributed by atoms with Gasteiger partial charge in [0.05, 0.1) is 32.0 Å². The second-order valence-corrected chi connectivity index (χ2v) is 7.78. The van der Waals surface area contributed by atoms with Crippen molar-refractivity contribution in [1.82, 2.24) is 25.2 Å². The third-order valence-corrected chi connectivity index (χ3v) is 5.10. The summed E-state index contributed by atoms with van der Waals surface area (Å²) in [7, 11) is 3.07. The van der Waals surface area contributed by atoms with Crippen molar-refractivity contribution in [3.05, 3.63) is 35.7 Å². The number of likely N-dealkylation sites (tertiary alicyclic amines) is 1. The van der Waals surface area contributed by atoms with Crippen molar-refractivity contribution < 1.29 is 19.1 Å². The number of hydrogen-bond donors (Lipinski definition) is 1. The Hall–Kier alpha value is -3.10. The van der Waals surface area contributed by atoms with Crippen molar-refractivity contribution in [2.45, 2.75) is 32.7 Å². The highest BCUT2D eigenvalue weighted by molar-refractivity contribution is 5.98. The zero-order valence-corrected chi connectivity index (χ0v) is 17.9. The van der Waals surface area contributed by atoms with Crippen LogP contribution in [0.4, 0.5) is 0 Å². The van der Waals surface area contributed by atoms with Crippen molar-refractivity contribution in [2.75, 3.05) is 33.9 Å². The number of aromatic nitrogens is 3. The van der Waals surface area contributed by atoms with Gasteiger partial charge in [0, 0.05) is 19.6 Å². The fourth-order valence-electron chi connectivity index (χ4n) is 3.53. The van der Waals surface area contributed by atoms with Crippen LogP contribution in [0, 0.1) is 5.92 Å². The summed E-state index contributed by atoms with van der Waals surface area (Å²) in [5.74, 6) is 0.947. The van der Waals surface area contributed by atoms with E-state index in [0.29, 0.717) is 42.6 Å². The average Bonchev–Trinajstić information content (AvgIpc) is 3.26. The lowest BCUT2D eigenvalue weighted by molar-refractivity contribution is 0.0667. The molecule has 0 saturated carbocycles. The Bertz CT molecular complexity index is 895. The Balaban J connectivity index is 1.72. The van der Waals surface area contributed by atoms with Gasteiger partial charge < -0.3 is 19.7 Å². The number of methoxy groups -OCH3 is 2. The second kappa shape index (κ2) is 9.60. The Morgan fingerprint density at radius 2 is 2.07 bits per heavy atom. The largest absolute Gasteiger partial charge is 0.493 e. The molecule has 0 spiro atoms. The van der Waals surface area contributed by atoms with Gasteiger partial charge in [-0.3, -0.25) is 9.59 Å². The molecular formula is C21H29N5O4. The molecule has 2 amide bonds.